The molecule has 3 heterocycles. The molecule has 8 nitrogen and oxygen atoms in total. The van der Waals surface area contributed by atoms with Crippen LogP contribution in [-0.2, 0) is 33.9 Å². The summed E-state index contributed by atoms with van der Waals surface area (Å²) in [4.78, 5) is 40.4. The molecule has 1 atom stereocenters. The largest absolute Gasteiger partial charge is 0.381 e. The predicted octanol–water partition coefficient (Wildman–Crippen LogP) is 1.89. The fourth-order valence-electron chi connectivity index (χ4n) is 3.99. The van der Waals surface area contributed by atoms with Gasteiger partial charge in [-0.1, -0.05) is 30.3 Å². The molecule has 0 radical (unpaired) electrons. The van der Waals surface area contributed by atoms with Crippen molar-refractivity contribution in [2.45, 2.75) is 38.4 Å². The molecular weight excluding hydrogens is 420 g/mol. The SMILES string of the molecule is [2H]C([2H])(c1ccc(CNc2cccc3c2CN(C2([2H])C(=O)NC(=O)C([2H])([2H])C2([2H])[2H])C3=O)cc1)N1CCOCC1. The van der Waals surface area contributed by atoms with Gasteiger partial charge in [0.15, 0.2) is 0 Å². The van der Waals surface area contributed by atoms with Gasteiger partial charge in [-0.3, -0.25) is 24.6 Å². The number of carbonyl (C=O) groups excluding carboxylic acids is 3. The first-order valence-corrected chi connectivity index (χ1v) is 10.7. The van der Waals surface area contributed by atoms with Gasteiger partial charge < -0.3 is 15.0 Å². The molecule has 3 aliphatic heterocycles. The Morgan fingerprint density at radius 3 is 2.67 bits per heavy atom. The summed E-state index contributed by atoms with van der Waals surface area (Å²) in [6, 6.07) is 8.75. The number of ether oxygens (including phenoxy) is 1. The zero-order valence-corrected chi connectivity index (χ0v) is 17.8. The first-order valence-electron chi connectivity index (χ1n) is 14.2. The van der Waals surface area contributed by atoms with Crippen LogP contribution in [0.1, 0.15) is 49.4 Å². The van der Waals surface area contributed by atoms with Gasteiger partial charge in [0.2, 0.25) is 11.8 Å². The second kappa shape index (κ2) is 9.33. The number of nitrogens with zero attached hydrogens (tertiary/aromatic N) is 2. The number of hydrogen-bond donors (Lipinski definition) is 2. The van der Waals surface area contributed by atoms with Crippen molar-refractivity contribution in [3.05, 3.63) is 64.7 Å². The molecule has 3 amide bonds. The highest BCUT2D eigenvalue weighted by atomic mass is 16.5. The van der Waals surface area contributed by atoms with E-state index in [1.54, 1.807) is 46.6 Å². The molecule has 33 heavy (non-hydrogen) atoms. The van der Waals surface area contributed by atoms with Crippen LogP contribution < -0.4 is 10.6 Å². The van der Waals surface area contributed by atoms with E-state index < -0.39 is 43.0 Å². The summed E-state index contributed by atoms with van der Waals surface area (Å²) in [6.07, 6.45) is -6.57. The lowest BCUT2D eigenvalue weighted by molar-refractivity contribution is -0.136. The second-order valence-electron chi connectivity index (χ2n) is 7.87. The first-order chi connectivity index (χ1) is 18.7. The Morgan fingerprint density at radius 1 is 1.12 bits per heavy atom. The van der Waals surface area contributed by atoms with Crippen molar-refractivity contribution in [3.63, 3.8) is 0 Å². The summed E-state index contributed by atoms with van der Waals surface area (Å²) in [5.74, 6) is -3.74. The zero-order chi connectivity index (χ0) is 29.1. The summed E-state index contributed by atoms with van der Waals surface area (Å²) < 4.78 is 63.4. The van der Waals surface area contributed by atoms with Crippen LogP contribution in [0, 0.1) is 0 Å². The quantitative estimate of drug-likeness (QED) is 0.647. The smallest absolute Gasteiger partial charge is 0.255 e. The van der Waals surface area contributed by atoms with Gasteiger partial charge in [-0.25, -0.2) is 0 Å². The topological polar surface area (TPSA) is 91.0 Å². The maximum atomic E-state index is 13.3. The lowest BCUT2D eigenvalue weighted by atomic mass is 10.0. The molecular formula is C25H28N4O4. The van der Waals surface area contributed by atoms with Crippen LogP contribution in [0.4, 0.5) is 5.69 Å². The highest BCUT2D eigenvalue weighted by molar-refractivity contribution is 6.06. The number of nitrogens with one attached hydrogen (secondary N) is 2. The molecule has 5 rings (SSSR count). The zero-order valence-electron chi connectivity index (χ0n) is 24.8. The average Bonchev–Trinajstić information content (AvgIpc) is 3.28. The number of imide groups is 1. The Balaban J connectivity index is 1.35. The Bertz CT molecular complexity index is 1370. The molecule has 8 heteroatoms. The third kappa shape index (κ3) is 4.62. The van der Waals surface area contributed by atoms with Crippen LogP contribution in [0.2, 0.25) is 0 Å². The normalized spacial score (nSPS) is 30.0. The molecule has 2 aromatic rings. The van der Waals surface area contributed by atoms with Crippen LogP contribution in [-0.4, -0.2) is 59.8 Å². The van der Waals surface area contributed by atoms with Gasteiger partial charge in [0.05, 0.1) is 14.6 Å². The highest BCUT2D eigenvalue weighted by Gasteiger charge is 2.39. The van der Waals surface area contributed by atoms with Crippen LogP contribution >= 0.6 is 0 Å². The Hall–Kier alpha value is -3.23. The van der Waals surface area contributed by atoms with Crippen molar-refractivity contribution in [1.82, 2.24) is 15.1 Å². The summed E-state index contributed by atoms with van der Waals surface area (Å²) in [6.45, 7) is 0.244. The number of carbonyl (C=O) groups is 3. The van der Waals surface area contributed by atoms with Crippen LogP contribution in [0.3, 0.4) is 0 Å². The van der Waals surface area contributed by atoms with E-state index >= 15 is 0 Å². The summed E-state index contributed by atoms with van der Waals surface area (Å²) in [5.41, 5.74) is 2.37. The number of fused-ring (bicyclic) bond motifs is 1. The van der Waals surface area contributed by atoms with E-state index in [0.717, 1.165) is 5.56 Å². The summed E-state index contributed by atoms with van der Waals surface area (Å²) in [7, 11) is 0. The molecule has 0 aliphatic carbocycles. The molecule has 2 aromatic carbocycles. The minimum atomic E-state index is -3.33. The number of hydrogen-bond acceptors (Lipinski definition) is 6. The van der Waals surface area contributed by atoms with E-state index in [1.165, 1.54) is 6.07 Å². The molecule has 0 spiro atoms. The predicted molar refractivity (Wildman–Crippen MR) is 122 cm³/mol. The molecule has 0 aromatic heterocycles. The minimum absolute atomic E-state index is 0.131. The van der Waals surface area contributed by atoms with Gasteiger partial charge in [0.25, 0.3) is 5.91 Å². The van der Waals surface area contributed by atoms with Gasteiger partial charge in [-0.15, -0.1) is 0 Å². The Morgan fingerprint density at radius 2 is 1.88 bits per heavy atom. The van der Waals surface area contributed by atoms with Gasteiger partial charge >= 0.3 is 0 Å². The molecule has 0 saturated carbocycles. The van der Waals surface area contributed by atoms with E-state index in [9.17, 15) is 14.4 Å². The monoisotopic (exact) mass is 455 g/mol. The number of anilines is 1. The van der Waals surface area contributed by atoms with Gasteiger partial charge in [0.1, 0.15) is 6.02 Å². The van der Waals surface area contributed by atoms with Crippen molar-refractivity contribution in [2.75, 3.05) is 31.6 Å². The van der Waals surface area contributed by atoms with Crippen molar-refractivity contribution < 1.29 is 28.7 Å². The third-order valence-corrected chi connectivity index (χ3v) is 5.71. The highest BCUT2D eigenvalue weighted by Crippen LogP contribution is 2.32. The van der Waals surface area contributed by atoms with E-state index in [2.05, 4.69) is 5.32 Å². The Labute approximate surface area is 202 Å². The van der Waals surface area contributed by atoms with Crippen LogP contribution in [0.5, 0.6) is 0 Å². The number of morpholine rings is 1. The van der Waals surface area contributed by atoms with Crippen LogP contribution in [0.25, 0.3) is 0 Å². The van der Waals surface area contributed by atoms with Gasteiger partial charge in [-0.05, 0) is 29.6 Å². The van der Waals surface area contributed by atoms with E-state index in [1.807, 2.05) is 0 Å². The molecule has 2 fully saturated rings. The molecule has 172 valence electrons. The standard InChI is InChI=1S/C25H28N4O4/c30-23-9-8-22(24(31)27-23)29-16-20-19(25(29)32)2-1-3-21(20)26-14-17-4-6-18(7-5-17)15-28-10-12-33-13-11-28/h1-7,22,26H,8-16H2,(H,27,30,31)/i8D2,9D2,15D2,22D. The fraction of sp³-hybridized carbons (Fsp3) is 0.400. The first kappa shape index (κ1) is 14.8. The van der Waals surface area contributed by atoms with Crippen molar-refractivity contribution in [3.8, 4) is 0 Å². The van der Waals surface area contributed by atoms with Crippen molar-refractivity contribution >= 4 is 23.4 Å². The number of rotatable bonds is 6. The maximum absolute atomic E-state index is 13.3. The van der Waals surface area contributed by atoms with E-state index in [4.69, 9.17) is 14.3 Å². The van der Waals surface area contributed by atoms with E-state index in [-0.39, 0.29) is 12.1 Å². The lowest BCUT2D eigenvalue weighted by Gasteiger charge is -2.29. The molecule has 3 aliphatic rings. The summed E-state index contributed by atoms with van der Waals surface area (Å²) in [5, 5.41) is 4.92. The van der Waals surface area contributed by atoms with Gasteiger partial charge in [0, 0.05) is 64.1 Å². The van der Waals surface area contributed by atoms with Crippen molar-refractivity contribution in [2.24, 2.45) is 0 Å². The average molecular weight is 456 g/mol. The Kier molecular flexibility index (Phi) is 4.19. The number of amides is 3. The second-order valence-corrected chi connectivity index (χ2v) is 7.87. The van der Waals surface area contributed by atoms with Gasteiger partial charge in [-0.2, -0.15) is 0 Å². The van der Waals surface area contributed by atoms with Crippen LogP contribution in [0.15, 0.2) is 42.5 Å². The summed E-state index contributed by atoms with van der Waals surface area (Å²) >= 11 is 0. The molecule has 2 N–H and O–H groups in total. The third-order valence-electron chi connectivity index (χ3n) is 5.71. The molecule has 0 bridgehead atoms. The minimum Gasteiger partial charge on any atom is -0.381 e. The number of benzene rings is 2. The maximum Gasteiger partial charge on any atom is 0.255 e. The van der Waals surface area contributed by atoms with E-state index in [0.29, 0.717) is 54.6 Å². The number of piperidine rings is 1. The van der Waals surface area contributed by atoms with Crippen molar-refractivity contribution in [1.29, 1.82) is 0 Å². The molecule has 2 saturated heterocycles. The lowest BCUT2D eigenvalue weighted by Crippen LogP contribution is -2.52. The molecule has 1 unspecified atom stereocenters. The fourth-order valence-corrected chi connectivity index (χ4v) is 3.99.